The van der Waals surface area contributed by atoms with Crippen molar-refractivity contribution in [3.05, 3.63) is 95.6 Å². The summed E-state index contributed by atoms with van der Waals surface area (Å²) in [5.74, 6) is -0.530. The average Bonchev–Trinajstić information content (AvgIpc) is 3.54. The first-order chi connectivity index (χ1) is 20.1. The fourth-order valence-electron chi connectivity index (χ4n) is 5.71. The second-order valence-corrected chi connectivity index (χ2v) is 11.7. The number of fused-ring (bicyclic) bond motifs is 3. The van der Waals surface area contributed by atoms with Gasteiger partial charge < -0.3 is 25.2 Å². The van der Waals surface area contributed by atoms with E-state index in [9.17, 15) is 19.5 Å². The van der Waals surface area contributed by atoms with Crippen molar-refractivity contribution in [1.29, 1.82) is 0 Å². The normalized spacial score (nSPS) is 18.5. The highest BCUT2D eigenvalue weighted by molar-refractivity contribution is 5.87. The van der Waals surface area contributed by atoms with Gasteiger partial charge in [0.2, 0.25) is 5.91 Å². The minimum Gasteiger partial charge on any atom is -0.449 e. The van der Waals surface area contributed by atoms with Gasteiger partial charge in [-0.05, 0) is 55.0 Å². The Morgan fingerprint density at radius 1 is 0.929 bits per heavy atom. The topological polar surface area (TPSA) is 117 Å². The Morgan fingerprint density at radius 2 is 1.52 bits per heavy atom. The van der Waals surface area contributed by atoms with Gasteiger partial charge in [0.15, 0.2) is 0 Å². The van der Waals surface area contributed by atoms with E-state index < -0.39 is 41.8 Å². The van der Waals surface area contributed by atoms with Crippen LogP contribution >= 0.6 is 0 Å². The van der Waals surface area contributed by atoms with E-state index in [0.29, 0.717) is 0 Å². The molecule has 220 valence electrons. The van der Waals surface area contributed by atoms with Crippen molar-refractivity contribution in [2.45, 2.75) is 56.8 Å². The monoisotopic (exact) mass is 571 g/mol. The summed E-state index contributed by atoms with van der Waals surface area (Å²) in [6, 6.07) is 23.2. The molecule has 1 aliphatic carbocycles. The second kappa shape index (κ2) is 12.2. The third-order valence-corrected chi connectivity index (χ3v) is 7.60. The zero-order valence-corrected chi connectivity index (χ0v) is 24.1. The molecule has 9 heteroatoms. The highest BCUT2D eigenvalue weighted by atomic mass is 16.6. The molecule has 9 nitrogen and oxygen atoms in total. The van der Waals surface area contributed by atoms with Crippen molar-refractivity contribution >= 4 is 18.1 Å². The van der Waals surface area contributed by atoms with E-state index in [0.717, 1.165) is 27.8 Å². The van der Waals surface area contributed by atoms with Gasteiger partial charge in [0.1, 0.15) is 18.2 Å². The first kappa shape index (κ1) is 29.1. The van der Waals surface area contributed by atoms with Gasteiger partial charge in [0, 0.05) is 12.5 Å². The van der Waals surface area contributed by atoms with Crippen molar-refractivity contribution in [3.8, 4) is 11.1 Å². The number of carbonyl (C=O) groups is 3. The van der Waals surface area contributed by atoms with E-state index in [1.54, 1.807) is 20.8 Å². The molecule has 1 fully saturated rings. The van der Waals surface area contributed by atoms with Gasteiger partial charge >= 0.3 is 12.2 Å². The summed E-state index contributed by atoms with van der Waals surface area (Å²) in [4.78, 5) is 40.8. The van der Waals surface area contributed by atoms with Gasteiger partial charge in [-0.1, -0.05) is 78.9 Å². The maximum atomic E-state index is 13.4. The fraction of sp³-hybridized carbons (Fsp3) is 0.364. The number of hydrogen-bond donors (Lipinski definition) is 3. The molecule has 3 aromatic carbocycles. The molecule has 3 N–H and O–H groups in total. The van der Waals surface area contributed by atoms with Gasteiger partial charge in [-0.3, -0.25) is 9.69 Å². The number of alkyl carbamates (subject to hydrolysis) is 1. The minimum absolute atomic E-state index is 0.0757. The maximum Gasteiger partial charge on any atom is 0.411 e. The van der Waals surface area contributed by atoms with Crippen LogP contribution in [-0.4, -0.2) is 65.5 Å². The number of amides is 3. The van der Waals surface area contributed by atoms with Crippen molar-refractivity contribution in [1.82, 2.24) is 15.5 Å². The van der Waals surface area contributed by atoms with E-state index >= 15 is 0 Å². The summed E-state index contributed by atoms with van der Waals surface area (Å²) in [5.41, 5.74) is 4.46. The minimum atomic E-state index is -0.906. The van der Waals surface area contributed by atoms with Crippen LogP contribution in [0, 0.1) is 0 Å². The van der Waals surface area contributed by atoms with Gasteiger partial charge in [-0.25, -0.2) is 9.59 Å². The van der Waals surface area contributed by atoms with Crippen LogP contribution in [-0.2, 0) is 14.3 Å². The Bertz CT molecular complexity index is 1390. The number of hydrogen-bond acceptors (Lipinski definition) is 6. The molecule has 0 radical (unpaired) electrons. The van der Waals surface area contributed by atoms with Crippen LogP contribution in [0.25, 0.3) is 11.1 Å². The van der Waals surface area contributed by atoms with Gasteiger partial charge in [-0.2, -0.15) is 0 Å². The molecule has 3 amide bonds. The summed E-state index contributed by atoms with van der Waals surface area (Å²) in [7, 11) is 0. The fourth-order valence-corrected chi connectivity index (χ4v) is 5.71. The number of nitrogens with zero attached hydrogens (tertiary/aromatic N) is 1. The standard InChI is InChI=1S/C33H37N3O6/c1-33(2,3)42-32(40)36-18-22(17-29(36)30(38)35-28(19-37)21-11-5-4-6-12-21)34-31(39)41-20-27-25-15-9-7-13-23(25)24-14-8-10-16-26(24)27/h4-16,22,27-29,37H,17-20H2,1-3H3,(H,34,39)(H,35,38)/t22-,28+,29-/m0/s1. The van der Waals surface area contributed by atoms with Crippen molar-refractivity contribution in [2.24, 2.45) is 0 Å². The van der Waals surface area contributed by atoms with E-state index in [4.69, 9.17) is 9.47 Å². The van der Waals surface area contributed by atoms with E-state index in [1.807, 2.05) is 54.6 Å². The number of nitrogens with one attached hydrogen (secondary N) is 2. The Kier molecular flexibility index (Phi) is 8.49. The van der Waals surface area contributed by atoms with Gasteiger partial charge in [0.05, 0.1) is 18.7 Å². The summed E-state index contributed by atoms with van der Waals surface area (Å²) >= 11 is 0. The number of carbonyl (C=O) groups excluding carboxylic acids is 3. The Labute approximate surface area is 245 Å². The van der Waals surface area contributed by atoms with Crippen molar-refractivity contribution < 1.29 is 29.0 Å². The molecule has 0 aromatic heterocycles. The number of ether oxygens (including phenoxy) is 2. The molecule has 0 bridgehead atoms. The molecule has 0 saturated carbocycles. The number of aliphatic hydroxyl groups is 1. The molecule has 5 rings (SSSR count). The summed E-state index contributed by atoms with van der Waals surface area (Å²) < 4.78 is 11.3. The van der Waals surface area contributed by atoms with Crippen LogP contribution in [0.2, 0.25) is 0 Å². The van der Waals surface area contributed by atoms with Crippen molar-refractivity contribution in [3.63, 3.8) is 0 Å². The first-order valence-corrected chi connectivity index (χ1v) is 14.2. The molecule has 42 heavy (non-hydrogen) atoms. The van der Waals surface area contributed by atoms with Crippen LogP contribution in [0.4, 0.5) is 9.59 Å². The lowest BCUT2D eigenvalue weighted by molar-refractivity contribution is -0.126. The second-order valence-electron chi connectivity index (χ2n) is 11.7. The summed E-state index contributed by atoms with van der Waals surface area (Å²) in [6.07, 6.45) is -1.10. The van der Waals surface area contributed by atoms with E-state index in [-0.39, 0.29) is 32.1 Å². The first-order valence-electron chi connectivity index (χ1n) is 14.2. The predicted octanol–water partition coefficient (Wildman–Crippen LogP) is 4.75. The molecular formula is C33H37N3O6. The molecule has 0 unspecified atom stereocenters. The zero-order chi connectivity index (χ0) is 29.9. The highest BCUT2D eigenvalue weighted by Gasteiger charge is 2.43. The Hall–Kier alpha value is -4.37. The average molecular weight is 572 g/mol. The smallest absolute Gasteiger partial charge is 0.411 e. The number of rotatable bonds is 7. The van der Waals surface area contributed by atoms with Crippen LogP contribution in [0.3, 0.4) is 0 Å². The lowest BCUT2D eigenvalue weighted by Gasteiger charge is -2.29. The quantitative estimate of drug-likeness (QED) is 0.377. The summed E-state index contributed by atoms with van der Waals surface area (Å²) in [6.45, 7) is 5.17. The Morgan fingerprint density at radius 3 is 2.12 bits per heavy atom. The molecule has 3 aromatic rings. The molecule has 3 atom stereocenters. The molecule has 1 saturated heterocycles. The lowest BCUT2D eigenvalue weighted by Crippen LogP contribution is -2.48. The largest absolute Gasteiger partial charge is 0.449 e. The third-order valence-electron chi connectivity index (χ3n) is 7.60. The third kappa shape index (κ3) is 6.41. The van der Waals surface area contributed by atoms with Crippen molar-refractivity contribution in [2.75, 3.05) is 19.8 Å². The highest BCUT2D eigenvalue weighted by Crippen LogP contribution is 2.44. The SMILES string of the molecule is CC(C)(C)OC(=O)N1C[C@@H](NC(=O)OCC2c3ccccc3-c3ccccc32)C[C@H]1C(=O)N[C@H](CO)c1ccccc1. The van der Waals surface area contributed by atoms with E-state index in [2.05, 4.69) is 34.9 Å². The number of likely N-dealkylation sites (tertiary alicyclic amines) is 1. The summed E-state index contributed by atoms with van der Waals surface area (Å²) in [5, 5.41) is 15.6. The lowest BCUT2D eigenvalue weighted by atomic mass is 9.98. The maximum absolute atomic E-state index is 13.4. The molecule has 1 aliphatic heterocycles. The molecular weight excluding hydrogens is 534 g/mol. The molecule has 2 aliphatic rings. The van der Waals surface area contributed by atoms with Crippen LogP contribution in [0.15, 0.2) is 78.9 Å². The predicted molar refractivity (Wildman–Crippen MR) is 158 cm³/mol. The van der Waals surface area contributed by atoms with Crippen LogP contribution in [0.5, 0.6) is 0 Å². The van der Waals surface area contributed by atoms with E-state index in [1.165, 1.54) is 4.90 Å². The zero-order valence-electron chi connectivity index (χ0n) is 24.1. The molecule has 0 spiro atoms. The van der Waals surface area contributed by atoms with Crippen LogP contribution < -0.4 is 10.6 Å². The number of aliphatic hydroxyl groups excluding tert-OH is 1. The van der Waals surface area contributed by atoms with Gasteiger partial charge in [0.25, 0.3) is 0 Å². The molecule has 1 heterocycles. The number of benzene rings is 3. The Balaban J connectivity index is 1.25. The van der Waals surface area contributed by atoms with Crippen LogP contribution in [0.1, 0.15) is 55.8 Å². The van der Waals surface area contributed by atoms with Gasteiger partial charge in [-0.15, -0.1) is 0 Å².